The van der Waals surface area contributed by atoms with E-state index >= 15 is 0 Å². The van der Waals surface area contributed by atoms with Gasteiger partial charge in [0, 0.05) is 37.9 Å². The van der Waals surface area contributed by atoms with Crippen LogP contribution in [-0.4, -0.2) is 101 Å². The Hall–Kier alpha value is -5.81. The first kappa shape index (κ1) is 40.0. The fourth-order valence-corrected chi connectivity index (χ4v) is 6.17. The summed E-state index contributed by atoms with van der Waals surface area (Å²) in [4.78, 5) is 112. The van der Waals surface area contributed by atoms with Crippen molar-refractivity contribution in [1.82, 2.24) is 47.2 Å². The Balaban J connectivity index is 1.62. The number of hydrogen-bond donors (Lipinski definition) is 9. The first-order valence-corrected chi connectivity index (χ1v) is 17.8. The number of rotatable bonds is 9. The number of benzene rings is 1. The SMILES string of the molecule is NC(=O)CNC(=O)[C@@H]1CCNC(=O)CC[C@H](NC(=O)C2CCCCC2)C(=O)N[C@@H](Cc2c[nH]cn2)C(=O)N[C@H](Cc2ccccc2)C(=O)NCC(=O)N1. The highest BCUT2D eigenvalue weighted by atomic mass is 16.2. The minimum absolute atomic E-state index is 0.0229. The number of carbonyl (C=O) groups excluding carboxylic acids is 8. The molecule has 2 heterocycles. The van der Waals surface area contributed by atoms with Gasteiger partial charge in [-0.15, -0.1) is 0 Å². The quantitative estimate of drug-likeness (QED) is 0.134. The molecule has 0 unspecified atom stereocenters. The summed E-state index contributed by atoms with van der Waals surface area (Å²) in [6, 6.07) is 3.94. The average molecular weight is 737 g/mol. The molecule has 1 saturated heterocycles. The number of nitrogens with two attached hydrogens (primary N) is 1. The van der Waals surface area contributed by atoms with Gasteiger partial charge in [-0.1, -0.05) is 49.6 Å². The highest BCUT2D eigenvalue weighted by molar-refractivity contribution is 5.96. The average Bonchev–Trinajstić information content (AvgIpc) is 3.67. The smallest absolute Gasteiger partial charge is 0.243 e. The van der Waals surface area contributed by atoms with Gasteiger partial charge in [0.2, 0.25) is 47.3 Å². The van der Waals surface area contributed by atoms with Gasteiger partial charge in [-0.2, -0.15) is 0 Å². The highest BCUT2D eigenvalue weighted by Gasteiger charge is 2.33. The number of nitrogens with zero attached hydrogens (tertiary/aromatic N) is 1. The van der Waals surface area contributed by atoms with Gasteiger partial charge in [0.15, 0.2) is 0 Å². The van der Waals surface area contributed by atoms with Crippen LogP contribution in [0, 0.1) is 5.92 Å². The van der Waals surface area contributed by atoms with Gasteiger partial charge in [0.25, 0.3) is 0 Å². The first-order chi connectivity index (χ1) is 25.5. The topological polar surface area (TPSA) is 275 Å². The molecule has 10 N–H and O–H groups in total. The molecule has 53 heavy (non-hydrogen) atoms. The van der Waals surface area contributed by atoms with Crippen LogP contribution in [0.3, 0.4) is 0 Å². The van der Waals surface area contributed by atoms with Gasteiger partial charge in [0.1, 0.15) is 24.2 Å². The van der Waals surface area contributed by atoms with Crippen molar-refractivity contribution in [3.8, 4) is 0 Å². The molecule has 286 valence electrons. The van der Waals surface area contributed by atoms with Crippen LogP contribution in [0.1, 0.15) is 62.6 Å². The summed E-state index contributed by atoms with van der Waals surface area (Å²) in [5, 5.41) is 18.1. The lowest BCUT2D eigenvalue weighted by Crippen LogP contribution is -2.58. The Labute approximate surface area is 306 Å². The molecule has 1 aromatic carbocycles. The normalized spacial score (nSPS) is 23.0. The summed E-state index contributed by atoms with van der Waals surface area (Å²) in [5.41, 5.74) is 6.27. The summed E-state index contributed by atoms with van der Waals surface area (Å²) < 4.78 is 0. The van der Waals surface area contributed by atoms with Crippen LogP contribution in [0.15, 0.2) is 42.9 Å². The molecule has 4 atom stereocenters. The summed E-state index contributed by atoms with van der Waals surface area (Å²) >= 11 is 0. The van der Waals surface area contributed by atoms with Crippen molar-refractivity contribution >= 4 is 47.3 Å². The maximum Gasteiger partial charge on any atom is 0.243 e. The molecule has 1 saturated carbocycles. The monoisotopic (exact) mass is 736 g/mol. The number of carbonyl (C=O) groups is 8. The van der Waals surface area contributed by atoms with Gasteiger partial charge in [-0.05, 0) is 31.2 Å². The molecule has 0 bridgehead atoms. The summed E-state index contributed by atoms with van der Waals surface area (Å²) in [7, 11) is 0. The third kappa shape index (κ3) is 13.4. The molecule has 2 aromatic rings. The van der Waals surface area contributed by atoms with Crippen LogP contribution in [0.2, 0.25) is 0 Å². The minimum atomic E-state index is -1.26. The van der Waals surface area contributed by atoms with Crippen LogP contribution in [0.5, 0.6) is 0 Å². The second kappa shape index (κ2) is 20.3. The highest BCUT2D eigenvalue weighted by Crippen LogP contribution is 2.24. The summed E-state index contributed by atoms with van der Waals surface area (Å²) in [6.07, 6.45) is 6.58. The van der Waals surface area contributed by atoms with Gasteiger partial charge in [0.05, 0.1) is 25.1 Å². The second-order valence-corrected chi connectivity index (χ2v) is 13.2. The lowest BCUT2D eigenvalue weighted by Gasteiger charge is -2.27. The number of amides is 8. The standard InChI is InChI=1S/C35H48N10O8/c36-28(46)18-39-32(50)25-13-14-38-29(47)12-11-24(43-31(49)22-9-5-2-6-10-22)34(52)45-27(16-23-17-37-20-41-23)35(53)44-26(15-21-7-3-1-4-8-21)33(51)40-19-30(48)42-25/h1,3-4,7-8,17,20,22,24-27H,2,5-6,9-16,18-19H2,(H2,36,46)(H,37,41)(H,38,47)(H,39,50)(H,40,51)(H,42,48)(H,43,49)(H,44,53)(H,45,52)/t24-,25-,26+,27-/m0/s1. The lowest BCUT2D eigenvalue weighted by atomic mass is 9.88. The van der Waals surface area contributed by atoms with E-state index in [-0.39, 0.29) is 50.5 Å². The van der Waals surface area contributed by atoms with Crippen molar-refractivity contribution in [2.75, 3.05) is 19.6 Å². The van der Waals surface area contributed by atoms with Crippen LogP contribution in [-0.2, 0) is 51.2 Å². The van der Waals surface area contributed by atoms with E-state index in [2.05, 4.69) is 47.2 Å². The Morgan fingerprint density at radius 2 is 1.49 bits per heavy atom. The maximum absolute atomic E-state index is 13.9. The number of H-pyrrole nitrogens is 1. The molecule has 2 fully saturated rings. The van der Waals surface area contributed by atoms with E-state index in [4.69, 9.17) is 5.73 Å². The Morgan fingerprint density at radius 1 is 0.774 bits per heavy atom. The third-order valence-electron chi connectivity index (χ3n) is 9.05. The van der Waals surface area contributed by atoms with Crippen LogP contribution >= 0.6 is 0 Å². The fourth-order valence-electron chi connectivity index (χ4n) is 6.17. The molecule has 4 rings (SSSR count). The summed E-state index contributed by atoms with van der Waals surface area (Å²) in [6.45, 7) is -1.16. The van der Waals surface area contributed by atoms with Crippen LogP contribution in [0.4, 0.5) is 0 Å². The maximum atomic E-state index is 13.9. The minimum Gasteiger partial charge on any atom is -0.368 e. The van der Waals surface area contributed by atoms with Crippen LogP contribution in [0.25, 0.3) is 0 Å². The van der Waals surface area contributed by atoms with Crippen molar-refractivity contribution in [3.05, 3.63) is 54.1 Å². The van der Waals surface area contributed by atoms with Gasteiger partial charge in [-0.25, -0.2) is 4.98 Å². The molecule has 8 amide bonds. The molecule has 0 spiro atoms. The lowest BCUT2D eigenvalue weighted by molar-refractivity contribution is -0.135. The van der Waals surface area contributed by atoms with E-state index < -0.39 is 78.6 Å². The Kier molecular flexibility index (Phi) is 15.3. The van der Waals surface area contributed by atoms with Crippen molar-refractivity contribution < 1.29 is 38.4 Å². The molecule has 18 nitrogen and oxygen atoms in total. The van der Waals surface area contributed by atoms with E-state index in [1.807, 2.05) is 0 Å². The zero-order valence-electron chi connectivity index (χ0n) is 29.4. The molecule has 0 radical (unpaired) electrons. The van der Waals surface area contributed by atoms with E-state index in [1.54, 1.807) is 36.5 Å². The Morgan fingerprint density at radius 3 is 2.19 bits per heavy atom. The molecule has 2 aliphatic rings. The molecular weight excluding hydrogens is 688 g/mol. The molecule has 1 aliphatic heterocycles. The predicted octanol–water partition coefficient (Wildman–Crippen LogP) is -2.27. The third-order valence-corrected chi connectivity index (χ3v) is 9.05. The van der Waals surface area contributed by atoms with Gasteiger partial charge in [-0.3, -0.25) is 38.4 Å². The number of hydrogen-bond acceptors (Lipinski definition) is 9. The first-order valence-electron chi connectivity index (χ1n) is 17.8. The number of aromatic amines is 1. The van der Waals surface area contributed by atoms with Crippen molar-refractivity contribution in [3.63, 3.8) is 0 Å². The van der Waals surface area contributed by atoms with Gasteiger partial charge >= 0.3 is 0 Å². The fraction of sp³-hybridized carbons (Fsp3) is 0.514. The number of primary amides is 1. The second-order valence-electron chi connectivity index (χ2n) is 13.2. The Bertz CT molecular complexity index is 1600. The molecule has 18 heteroatoms. The van der Waals surface area contributed by atoms with Crippen LogP contribution < -0.4 is 43.0 Å². The molecule has 1 aromatic heterocycles. The number of imidazole rings is 1. The van der Waals surface area contributed by atoms with E-state index in [0.717, 1.165) is 19.3 Å². The largest absolute Gasteiger partial charge is 0.368 e. The predicted molar refractivity (Wildman–Crippen MR) is 189 cm³/mol. The zero-order chi connectivity index (χ0) is 38.2. The van der Waals surface area contributed by atoms with E-state index in [0.29, 0.717) is 24.1 Å². The number of aromatic nitrogens is 2. The zero-order valence-corrected chi connectivity index (χ0v) is 29.4. The summed E-state index contributed by atoms with van der Waals surface area (Å²) in [5.74, 6) is -5.60. The van der Waals surface area contributed by atoms with Crippen molar-refractivity contribution in [2.24, 2.45) is 11.7 Å². The molecular formula is C35H48N10O8. The van der Waals surface area contributed by atoms with E-state index in [1.165, 1.54) is 6.33 Å². The van der Waals surface area contributed by atoms with Gasteiger partial charge < -0.3 is 47.9 Å². The number of nitrogens with one attached hydrogen (secondary N) is 8. The van der Waals surface area contributed by atoms with Crippen molar-refractivity contribution in [2.45, 2.75) is 88.4 Å². The molecule has 1 aliphatic carbocycles. The van der Waals surface area contributed by atoms with E-state index in [9.17, 15) is 38.4 Å². The van der Waals surface area contributed by atoms with Crippen molar-refractivity contribution in [1.29, 1.82) is 0 Å².